The molecule has 0 aliphatic heterocycles. The van der Waals surface area contributed by atoms with Crippen LogP contribution in [-0.2, 0) is 20.1 Å². The quantitative estimate of drug-likeness (QED) is 0.168. The second-order valence-electron chi connectivity index (χ2n) is 10.6. The maximum Gasteiger partial charge on any atom is 0.0541 e. The Kier molecular flexibility index (Phi) is 9.07. The predicted molar refractivity (Wildman–Crippen MR) is 182 cm³/mol. The van der Waals surface area contributed by atoms with Crippen LogP contribution in [0.5, 0.6) is 0 Å². The van der Waals surface area contributed by atoms with Crippen LogP contribution in [0.3, 0.4) is 0 Å². The van der Waals surface area contributed by atoms with Gasteiger partial charge < -0.3 is 14.5 Å². The molecule has 0 saturated heterocycles. The summed E-state index contributed by atoms with van der Waals surface area (Å²) in [7, 11) is 0. The Balaban J connectivity index is 0.000000231. The van der Waals surface area contributed by atoms with Crippen molar-refractivity contribution < 1.29 is 20.1 Å². The summed E-state index contributed by atoms with van der Waals surface area (Å²) >= 11 is 0. The average Bonchev–Trinajstić information content (AvgIpc) is 3.43. The first-order valence-electron chi connectivity index (χ1n) is 14.7. The van der Waals surface area contributed by atoms with E-state index in [2.05, 4.69) is 112 Å². The van der Waals surface area contributed by atoms with Crippen molar-refractivity contribution in [2.75, 3.05) is 0 Å². The Labute approximate surface area is 277 Å². The van der Waals surface area contributed by atoms with Crippen LogP contribution in [0.4, 0.5) is 0 Å². The Hall–Kier alpha value is -5.15. The van der Waals surface area contributed by atoms with E-state index in [-0.39, 0.29) is 20.1 Å². The van der Waals surface area contributed by atoms with Crippen LogP contribution in [0.25, 0.3) is 61.1 Å². The van der Waals surface area contributed by atoms with Crippen LogP contribution in [0.2, 0.25) is 0 Å². The number of pyridine rings is 2. The van der Waals surface area contributed by atoms with Crippen LogP contribution in [-0.4, -0.2) is 14.5 Å². The molecule has 0 atom stereocenters. The number of para-hydroxylation sites is 2. The van der Waals surface area contributed by atoms with Crippen LogP contribution in [0, 0.1) is 19.1 Å². The minimum atomic E-state index is 0. The Morgan fingerprint density at radius 2 is 1.27 bits per heavy atom. The molecule has 1 radical (unpaired) electrons. The maximum atomic E-state index is 4.67. The SMILES string of the molecule is Cc1cccc(-c2[c-]ccc(-c3ccc4c(c3)c3ccccc3n4-c3ccccc3)c2)n1.[Ir].[c-]1ccccc1-c1ccccn1. The van der Waals surface area contributed by atoms with Gasteiger partial charge in [-0.05, 0) is 66.3 Å². The Morgan fingerprint density at radius 1 is 0.533 bits per heavy atom. The summed E-state index contributed by atoms with van der Waals surface area (Å²) in [6.07, 6.45) is 1.79. The molecule has 0 unspecified atom stereocenters. The first-order valence-corrected chi connectivity index (χ1v) is 14.7. The second kappa shape index (κ2) is 13.7. The monoisotopic (exact) mass is 756 g/mol. The summed E-state index contributed by atoms with van der Waals surface area (Å²) in [5, 5.41) is 2.52. The van der Waals surface area contributed by atoms with E-state index in [4.69, 9.17) is 0 Å². The van der Waals surface area contributed by atoms with Crippen molar-refractivity contribution in [1.82, 2.24) is 14.5 Å². The van der Waals surface area contributed by atoms with Crippen molar-refractivity contribution in [3.8, 4) is 39.3 Å². The van der Waals surface area contributed by atoms with Crippen molar-refractivity contribution in [2.24, 2.45) is 0 Å². The number of hydrogen-bond acceptors (Lipinski definition) is 2. The molecule has 3 aromatic heterocycles. The van der Waals surface area contributed by atoms with Gasteiger partial charge in [0.1, 0.15) is 0 Å². The van der Waals surface area contributed by atoms with E-state index < -0.39 is 0 Å². The fourth-order valence-corrected chi connectivity index (χ4v) is 5.57. The standard InChI is InChI=1S/C30H21N2.C11H8N.Ir/c1-21-9-7-15-28(31-21)24-11-8-10-22(19-24)23-17-18-30-27(20-23)26-14-5-6-16-29(26)32(30)25-12-3-2-4-13-25;1-2-6-10(7-3-1)11-8-4-5-9-12-11;/h2-10,12-20H,1H3;1-6,8-9H;/q2*-1;. The molecule has 4 heteroatoms. The van der Waals surface area contributed by atoms with Crippen molar-refractivity contribution in [2.45, 2.75) is 6.92 Å². The molecule has 0 fully saturated rings. The third-order valence-corrected chi connectivity index (χ3v) is 7.64. The van der Waals surface area contributed by atoms with E-state index in [1.165, 1.54) is 38.6 Å². The van der Waals surface area contributed by atoms with Crippen LogP contribution in [0.15, 0.2) is 158 Å². The second-order valence-corrected chi connectivity index (χ2v) is 10.6. The van der Waals surface area contributed by atoms with Gasteiger partial charge in [-0.25, -0.2) is 0 Å². The summed E-state index contributed by atoms with van der Waals surface area (Å²) in [5.74, 6) is 0. The molecule has 0 N–H and O–H groups in total. The number of aromatic nitrogens is 3. The van der Waals surface area contributed by atoms with Gasteiger partial charge in [0.05, 0.1) is 11.0 Å². The van der Waals surface area contributed by atoms with E-state index >= 15 is 0 Å². The molecule has 219 valence electrons. The normalized spacial score (nSPS) is 10.6. The van der Waals surface area contributed by atoms with Gasteiger partial charge >= 0.3 is 0 Å². The van der Waals surface area contributed by atoms with Gasteiger partial charge in [0, 0.05) is 48.5 Å². The zero-order valence-corrected chi connectivity index (χ0v) is 27.1. The topological polar surface area (TPSA) is 30.7 Å². The smallest absolute Gasteiger partial charge is 0.0541 e. The molecule has 3 heterocycles. The van der Waals surface area contributed by atoms with Gasteiger partial charge in [-0.2, -0.15) is 0 Å². The number of hydrogen-bond donors (Lipinski definition) is 0. The minimum Gasteiger partial charge on any atom is -0.309 e. The fourth-order valence-electron chi connectivity index (χ4n) is 5.57. The molecule has 8 aromatic rings. The number of nitrogens with zero attached hydrogens (tertiary/aromatic N) is 3. The zero-order chi connectivity index (χ0) is 29.7. The van der Waals surface area contributed by atoms with Gasteiger partial charge in [0.15, 0.2) is 0 Å². The fraction of sp³-hybridized carbons (Fsp3) is 0.0244. The van der Waals surface area contributed by atoms with E-state index in [1.807, 2.05) is 73.7 Å². The molecule has 5 aromatic carbocycles. The first-order chi connectivity index (χ1) is 21.7. The number of rotatable bonds is 4. The molecular formula is C41H29IrN3-2. The zero-order valence-electron chi connectivity index (χ0n) is 24.7. The third kappa shape index (κ3) is 6.39. The summed E-state index contributed by atoms with van der Waals surface area (Å²) in [6.45, 7) is 2.02. The summed E-state index contributed by atoms with van der Waals surface area (Å²) in [4.78, 5) is 8.89. The maximum absolute atomic E-state index is 4.67. The van der Waals surface area contributed by atoms with Crippen LogP contribution >= 0.6 is 0 Å². The van der Waals surface area contributed by atoms with Gasteiger partial charge in [-0.3, -0.25) is 0 Å². The van der Waals surface area contributed by atoms with Crippen molar-refractivity contribution in [3.05, 3.63) is 176 Å². The van der Waals surface area contributed by atoms with Gasteiger partial charge in [-0.1, -0.05) is 66.7 Å². The predicted octanol–water partition coefficient (Wildman–Crippen LogP) is 10.2. The van der Waals surface area contributed by atoms with Crippen LogP contribution < -0.4 is 0 Å². The number of aryl methyl sites for hydroxylation is 1. The molecular weight excluding hydrogens is 727 g/mol. The Morgan fingerprint density at radius 3 is 2.07 bits per heavy atom. The molecule has 0 aliphatic rings. The Bertz CT molecular complexity index is 2140. The van der Waals surface area contributed by atoms with Crippen molar-refractivity contribution in [3.63, 3.8) is 0 Å². The number of benzene rings is 5. The molecule has 45 heavy (non-hydrogen) atoms. The van der Waals surface area contributed by atoms with Crippen LogP contribution in [0.1, 0.15) is 5.69 Å². The molecule has 8 rings (SSSR count). The van der Waals surface area contributed by atoms with Crippen molar-refractivity contribution in [1.29, 1.82) is 0 Å². The molecule has 0 spiro atoms. The summed E-state index contributed by atoms with van der Waals surface area (Å²) < 4.78 is 2.34. The third-order valence-electron chi connectivity index (χ3n) is 7.64. The van der Waals surface area contributed by atoms with Crippen molar-refractivity contribution >= 4 is 21.8 Å². The summed E-state index contributed by atoms with van der Waals surface area (Å²) in [5.41, 5.74) is 10.9. The van der Waals surface area contributed by atoms with E-state index in [0.717, 1.165) is 28.2 Å². The van der Waals surface area contributed by atoms with Gasteiger partial charge in [-0.15, -0.1) is 71.3 Å². The molecule has 0 saturated carbocycles. The molecule has 3 nitrogen and oxygen atoms in total. The largest absolute Gasteiger partial charge is 0.309 e. The van der Waals surface area contributed by atoms with E-state index in [9.17, 15) is 0 Å². The van der Waals surface area contributed by atoms with Gasteiger partial charge in [0.25, 0.3) is 0 Å². The molecule has 0 aliphatic carbocycles. The van der Waals surface area contributed by atoms with E-state index in [0.29, 0.717) is 0 Å². The van der Waals surface area contributed by atoms with E-state index in [1.54, 1.807) is 6.20 Å². The van der Waals surface area contributed by atoms with Gasteiger partial charge in [0.2, 0.25) is 0 Å². The molecule has 0 bridgehead atoms. The minimum absolute atomic E-state index is 0. The summed E-state index contributed by atoms with van der Waals surface area (Å²) in [6, 6.07) is 58.5. The first kappa shape index (κ1) is 29.9. The molecule has 0 amide bonds. The number of fused-ring (bicyclic) bond motifs is 3. The average molecular weight is 756 g/mol.